The van der Waals surface area contributed by atoms with Crippen molar-refractivity contribution in [3.05, 3.63) is 34.9 Å². The average Bonchev–Trinajstić information content (AvgIpc) is 2.31. The number of ether oxygens (including phenoxy) is 1. The summed E-state index contributed by atoms with van der Waals surface area (Å²) in [6, 6.07) is 8.05. The highest BCUT2D eigenvalue weighted by atomic mass is 35.5. The first-order valence-electron chi connectivity index (χ1n) is 5.81. The van der Waals surface area contributed by atoms with Gasteiger partial charge in [-0.3, -0.25) is 0 Å². The second-order valence-electron chi connectivity index (χ2n) is 4.45. The Hall–Kier alpha value is -0.570. The van der Waals surface area contributed by atoms with Crippen LogP contribution in [0.1, 0.15) is 24.8 Å². The third-order valence-electron chi connectivity index (χ3n) is 3.39. The Labute approximate surface area is 102 Å². The van der Waals surface area contributed by atoms with Gasteiger partial charge < -0.3 is 10.5 Å². The third-order valence-corrected chi connectivity index (χ3v) is 3.72. The van der Waals surface area contributed by atoms with Crippen LogP contribution in [0.3, 0.4) is 0 Å². The van der Waals surface area contributed by atoms with E-state index >= 15 is 0 Å². The molecular weight excluding hydrogens is 222 g/mol. The predicted molar refractivity (Wildman–Crippen MR) is 66.9 cm³/mol. The lowest BCUT2D eigenvalue weighted by Crippen LogP contribution is -2.38. The van der Waals surface area contributed by atoms with Gasteiger partial charge in [-0.2, -0.15) is 0 Å². The Morgan fingerprint density at radius 1 is 1.38 bits per heavy atom. The summed E-state index contributed by atoms with van der Waals surface area (Å²) in [5.41, 5.74) is 6.96. The Balaban J connectivity index is 2.34. The van der Waals surface area contributed by atoms with Crippen molar-refractivity contribution in [1.29, 1.82) is 0 Å². The highest BCUT2D eigenvalue weighted by Crippen LogP contribution is 2.39. The molecule has 1 saturated heterocycles. The van der Waals surface area contributed by atoms with Gasteiger partial charge in [0.2, 0.25) is 0 Å². The van der Waals surface area contributed by atoms with Crippen molar-refractivity contribution >= 4 is 11.6 Å². The number of nitrogens with two attached hydrogens (primary N) is 1. The zero-order chi connectivity index (χ0) is 11.4. The van der Waals surface area contributed by atoms with E-state index in [9.17, 15) is 0 Å². The standard InChI is InChI=1S/C13H18ClNO/c14-12-5-2-1-4-11(12)13(7-8-15)6-3-9-16-10-13/h1-2,4-5H,3,6-10,15H2. The van der Waals surface area contributed by atoms with E-state index in [2.05, 4.69) is 6.07 Å². The molecule has 0 bridgehead atoms. The monoisotopic (exact) mass is 239 g/mol. The van der Waals surface area contributed by atoms with Crippen LogP contribution in [-0.4, -0.2) is 19.8 Å². The molecule has 16 heavy (non-hydrogen) atoms. The van der Waals surface area contributed by atoms with Crippen molar-refractivity contribution in [3.63, 3.8) is 0 Å². The fourth-order valence-corrected chi connectivity index (χ4v) is 2.90. The first-order chi connectivity index (χ1) is 7.78. The van der Waals surface area contributed by atoms with E-state index in [-0.39, 0.29) is 5.41 Å². The summed E-state index contributed by atoms with van der Waals surface area (Å²) in [4.78, 5) is 0. The SMILES string of the molecule is NCCC1(c2ccccc2Cl)CCCOC1. The van der Waals surface area contributed by atoms with Crippen molar-refractivity contribution in [2.75, 3.05) is 19.8 Å². The van der Waals surface area contributed by atoms with Crippen LogP contribution in [0.25, 0.3) is 0 Å². The van der Waals surface area contributed by atoms with Crippen LogP contribution in [-0.2, 0) is 10.2 Å². The summed E-state index contributed by atoms with van der Waals surface area (Å²) in [5.74, 6) is 0. The van der Waals surface area contributed by atoms with Gasteiger partial charge >= 0.3 is 0 Å². The van der Waals surface area contributed by atoms with Crippen LogP contribution in [0.15, 0.2) is 24.3 Å². The van der Waals surface area contributed by atoms with Gasteiger partial charge in [0.05, 0.1) is 6.61 Å². The minimum absolute atomic E-state index is 0.0331. The van der Waals surface area contributed by atoms with Gasteiger partial charge in [-0.05, 0) is 37.4 Å². The molecule has 0 aromatic heterocycles. The van der Waals surface area contributed by atoms with Crippen LogP contribution in [0.5, 0.6) is 0 Å². The second-order valence-corrected chi connectivity index (χ2v) is 4.86. The van der Waals surface area contributed by atoms with E-state index in [1.54, 1.807) is 0 Å². The maximum Gasteiger partial charge on any atom is 0.0563 e. The molecule has 0 saturated carbocycles. The molecule has 0 aliphatic carbocycles. The maximum absolute atomic E-state index is 6.29. The molecule has 0 spiro atoms. The van der Waals surface area contributed by atoms with Crippen molar-refractivity contribution in [2.24, 2.45) is 5.73 Å². The van der Waals surface area contributed by atoms with Crippen molar-refractivity contribution in [2.45, 2.75) is 24.7 Å². The topological polar surface area (TPSA) is 35.2 Å². The fraction of sp³-hybridized carbons (Fsp3) is 0.538. The largest absolute Gasteiger partial charge is 0.381 e. The predicted octanol–water partition coefficient (Wildman–Crippen LogP) is 2.74. The average molecular weight is 240 g/mol. The number of hydrogen-bond acceptors (Lipinski definition) is 2. The van der Waals surface area contributed by atoms with E-state index in [0.29, 0.717) is 6.54 Å². The van der Waals surface area contributed by atoms with Gasteiger partial charge in [0.15, 0.2) is 0 Å². The van der Waals surface area contributed by atoms with Crippen molar-refractivity contribution in [1.82, 2.24) is 0 Å². The van der Waals surface area contributed by atoms with Crippen LogP contribution in [0, 0.1) is 0 Å². The van der Waals surface area contributed by atoms with Gasteiger partial charge in [0, 0.05) is 17.0 Å². The van der Waals surface area contributed by atoms with Gasteiger partial charge in [-0.1, -0.05) is 29.8 Å². The Morgan fingerprint density at radius 2 is 2.19 bits per heavy atom. The third kappa shape index (κ3) is 2.24. The number of rotatable bonds is 3. The van der Waals surface area contributed by atoms with Crippen molar-refractivity contribution < 1.29 is 4.74 Å². The molecular formula is C13H18ClNO. The summed E-state index contributed by atoms with van der Waals surface area (Å²) >= 11 is 6.29. The normalized spacial score (nSPS) is 25.6. The zero-order valence-electron chi connectivity index (χ0n) is 9.42. The molecule has 2 rings (SSSR count). The molecule has 1 aliphatic heterocycles. The quantitative estimate of drug-likeness (QED) is 0.881. The smallest absolute Gasteiger partial charge is 0.0563 e. The lowest BCUT2D eigenvalue weighted by Gasteiger charge is -2.38. The van der Waals surface area contributed by atoms with Crippen LogP contribution in [0.4, 0.5) is 0 Å². The molecule has 1 aromatic rings. The number of halogens is 1. The van der Waals surface area contributed by atoms with Crippen LogP contribution >= 0.6 is 11.6 Å². The molecule has 2 nitrogen and oxygen atoms in total. The summed E-state index contributed by atoms with van der Waals surface area (Å²) in [7, 11) is 0. The first-order valence-corrected chi connectivity index (χ1v) is 6.19. The summed E-state index contributed by atoms with van der Waals surface area (Å²) < 4.78 is 5.63. The molecule has 0 amide bonds. The van der Waals surface area contributed by atoms with E-state index in [4.69, 9.17) is 22.1 Å². The maximum atomic E-state index is 6.29. The van der Waals surface area contributed by atoms with Crippen LogP contribution < -0.4 is 5.73 Å². The molecule has 1 heterocycles. The van der Waals surface area contributed by atoms with Crippen molar-refractivity contribution in [3.8, 4) is 0 Å². The molecule has 1 fully saturated rings. The highest BCUT2D eigenvalue weighted by Gasteiger charge is 2.35. The minimum Gasteiger partial charge on any atom is -0.381 e. The van der Waals surface area contributed by atoms with Gasteiger partial charge in [0.1, 0.15) is 0 Å². The van der Waals surface area contributed by atoms with Gasteiger partial charge in [0.25, 0.3) is 0 Å². The molecule has 88 valence electrons. The molecule has 1 aliphatic rings. The summed E-state index contributed by atoms with van der Waals surface area (Å²) in [6.07, 6.45) is 3.15. The molecule has 3 heteroatoms. The first kappa shape index (κ1) is 11.9. The zero-order valence-corrected chi connectivity index (χ0v) is 10.2. The van der Waals surface area contributed by atoms with Gasteiger partial charge in [-0.25, -0.2) is 0 Å². The summed E-state index contributed by atoms with van der Waals surface area (Å²) in [6.45, 7) is 2.28. The lowest BCUT2D eigenvalue weighted by atomic mass is 9.73. The molecule has 1 unspecified atom stereocenters. The second kappa shape index (κ2) is 5.17. The van der Waals surface area contributed by atoms with E-state index in [1.807, 2.05) is 18.2 Å². The Kier molecular flexibility index (Phi) is 3.85. The molecule has 0 radical (unpaired) electrons. The van der Waals surface area contributed by atoms with E-state index in [0.717, 1.165) is 37.5 Å². The molecule has 1 aromatic carbocycles. The fourth-order valence-electron chi connectivity index (χ4n) is 2.56. The Morgan fingerprint density at radius 3 is 2.81 bits per heavy atom. The summed E-state index contributed by atoms with van der Waals surface area (Å²) in [5, 5.41) is 0.835. The Bertz CT molecular complexity index is 342. The van der Waals surface area contributed by atoms with E-state index in [1.165, 1.54) is 5.56 Å². The number of benzene rings is 1. The molecule has 1 atom stereocenters. The number of hydrogen-bond donors (Lipinski definition) is 1. The van der Waals surface area contributed by atoms with Crippen LogP contribution in [0.2, 0.25) is 5.02 Å². The highest BCUT2D eigenvalue weighted by molar-refractivity contribution is 6.31. The lowest BCUT2D eigenvalue weighted by molar-refractivity contribution is 0.0312. The minimum atomic E-state index is 0.0331. The molecule has 2 N–H and O–H groups in total. The van der Waals surface area contributed by atoms with Gasteiger partial charge in [-0.15, -0.1) is 0 Å². The van der Waals surface area contributed by atoms with E-state index < -0.39 is 0 Å².